The van der Waals surface area contributed by atoms with Gasteiger partial charge in [-0.15, -0.1) is 0 Å². The second kappa shape index (κ2) is 3.69. The molecule has 0 radical (unpaired) electrons. The summed E-state index contributed by atoms with van der Waals surface area (Å²) < 4.78 is 44.0. The summed E-state index contributed by atoms with van der Waals surface area (Å²) in [7, 11) is 1.10. The van der Waals surface area contributed by atoms with Crippen LogP contribution in [0.4, 0.5) is 13.2 Å². The number of carbonyl (C=O) groups excluding carboxylic acids is 1. The van der Waals surface area contributed by atoms with Crippen molar-refractivity contribution in [3.63, 3.8) is 0 Å². The van der Waals surface area contributed by atoms with Crippen LogP contribution < -0.4 is 0 Å². The van der Waals surface area contributed by atoms with Crippen molar-refractivity contribution in [1.82, 2.24) is 5.16 Å². The highest BCUT2D eigenvalue weighted by atomic mass is 19.4. The highest BCUT2D eigenvalue weighted by molar-refractivity contribution is 5.86. The average molecular weight is 209 g/mol. The minimum absolute atomic E-state index is 0.272. The summed E-state index contributed by atoms with van der Waals surface area (Å²) in [5.41, 5.74) is -0.272. The van der Waals surface area contributed by atoms with Crippen LogP contribution >= 0.6 is 0 Å². The molecule has 0 saturated carbocycles. The number of carbonyl (C=O) groups is 1. The Hall–Kier alpha value is -1.53. The first kappa shape index (κ1) is 10.6. The van der Waals surface area contributed by atoms with Gasteiger partial charge in [0.15, 0.2) is 5.69 Å². The zero-order valence-electron chi connectivity index (χ0n) is 7.09. The fourth-order valence-electron chi connectivity index (χ4n) is 0.795. The van der Waals surface area contributed by atoms with E-state index in [0.29, 0.717) is 0 Å². The number of nitrogens with zero attached hydrogens (tertiary/aromatic N) is 1. The maximum Gasteiger partial charge on any atom is 0.396 e. The van der Waals surface area contributed by atoms with E-state index in [1.165, 1.54) is 0 Å². The Morgan fingerprint density at radius 2 is 2.29 bits per heavy atom. The molecule has 0 atom stereocenters. The molecule has 0 aliphatic rings. The molecule has 0 aromatic carbocycles. The molecule has 0 saturated heterocycles. The molecule has 0 amide bonds. The van der Waals surface area contributed by atoms with Gasteiger partial charge >= 0.3 is 12.1 Å². The molecule has 0 bridgehead atoms. The van der Waals surface area contributed by atoms with Crippen molar-refractivity contribution in [2.75, 3.05) is 7.11 Å². The van der Waals surface area contributed by atoms with Crippen molar-refractivity contribution in [1.29, 1.82) is 0 Å². The average Bonchev–Trinajstić information content (AvgIpc) is 2.48. The van der Waals surface area contributed by atoms with Crippen LogP contribution in [-0.4, -0.2) is 24.4 Å². The van der Waals surface area contributed by atoms with Gasteiger partial charge in [0.1, 0.15) is 12.2 Å². The minimum Gasteiger partial charge on any atom is -0.464 e. The molecule has 0 fully saturated rings. The lowest BCUT2D eigenvalue weighted by Crippen LogP contribution is -2.10. The normalized spacial score (nSPS) is 11.4. The van der Waals surface area contributed by atoms with E-state index < -0.39 is 24.3 Å². The molecular formula is C7H6F3NO3. The topological polar surface area (TPSA) is 52.3 Å². The highest BCUT2D eigenvalue weighted by Crippen LogP contribution is 2.21. The molecule has 14 heavy (non-hydrogen) atoms. The van der Waals surface area contributed by atoms with E-state index in [0.717, 1.165) is 13.2 Å². The van der Waals surface area contributed by atoms with Gasteiger partial charge in [-0.05, 0) is 0 Å². The van der Waals surface area contributed by atoms with Crippen LogP contribution in [0.1, 0.15) is 16.2 Å². The lowest BCUT2D eigenvalue weighted by Gasteiger charge is -2.00. The van der Waals surface area contributed by atoms with E-state index in [-0.39, 0.29) is 5.69 Å². The Balaban J connectivity index is 2.74. The zero-order valence-corrected chi connectivity index (χ0v) is 7.09. The first-order chi connectivity index (χ1) is 6.42. The molecule has 0 aliphatic carbocycles. The van der Waals surface area contributed by atoms with E-state index in [1.807, 2.05) is 0 Å². The number of hydrogen-bond acceptors (Lipinski definition) is 4. The van der Waals surface area contributed by atoms with Crippen LogP contribution in [0.2, 0.25) is 0 Å². The number of aromatic nitrogens is 1. The van der Waals surface area contributed by atoms with Gasteiger partial charge in [-0.1, -0.05) is 5.16 Å². The van der Waals surface area contributed by atoms with Crippen molar-refractivity contribution in [2.24, 2.45) is 0 Å². The smallest absolute Gasteiger partial charge is 0.396 e. The number of halogens is 3. The molecule has 7 heteroatoms. The Morgan fingerprint density at radius 3 is 2.79 bits per heavy atom. The molecule has 78 valence electrons. The predicted molar refractivity (Wildman–Crippen MR) is 37.6 cm³/mol. The Morgan fingerprint density at radius 1 is 1.64 bits per heavy atom. The van der Waals surface area contributed by atoms with E-state index in [9.17, 15) is 18.0 Å². The van der Waals surface area contributed by atoms with E-state index in [4.69, 9.17) is 0 Å². The van der Waals surface area contributed by atoms with Gasteiger partial charge in [0.2, 0.25) is 0 Å². The van der Waals surface area contributed by atoms with E-state index >= 15 is 0 Å². The van der Waals surface area contributed by atoms with Crippen LogP contribution in [0.3, 0.4) is 0 Å². The first-order valence-electron chi connectivity index (χ1n) is 3.53. The number of rotatable bonds is 2. The van der Waals surface area contributed by atoms with Crippen LogP contribution in [0.5, 0.6) is 0 Å². The van der Waals surface area contributed by atoms with Crippen LogP contribution in [0.15, 0.2) is 10.6 Å². The number of methoxy groups -OCH3 is 1. The molecule has 1 aromatic rings. The Kier molecular flexibility index (Phi) is 2.78. The fourth-order valence-corrected chi connectivity index (χ4v) is 0.795. The van der Waals surface area contributed by atoms with Gasteiger partial charge in [0.25, 0.3) is 0 Å². The molecule has 1 aromatic heterocycles. The van der Waals surface area contributed by atoms with Crippen molar-refractivity contribution in [3.8, 4) is 0 Å². The third-order valence-corrected chi connectivity index (χ3v) is 1.33. The summed E-state index contributed by atoms with van der Waals surface area (Å²) in [4.78, 5) is 10.8. The third-order valence-electron chi connectivity index (χ3n) is 1.33. The molecule has 0 spiro atoms. The minimum atomic E-state index is -4.38. The summed E-state index contributed by atoms with van der Waals surface area (Å²) in [5, 5.41) is 3.12. The SMILES string of the molecule is COC(=O)c1cc(CC(F)(F)F)on1. The van der Waals surface area contributed by atoms with Gasteiger partial charge in [-0.25, -0.2) is 4.79 Å². The third kappa shape index (κ3) is 2.75. The molecule has 1 heterocycles. The second-order valence-electron chi connectivity index (χ2n) is 2.46. The van der Waals surface area contributed by atoms with Crippen molar-refractivity contribution in [2.45, 2.75) is 12.6 Å². The quantitative estimate of drug-likeness (QED) is 0.693. The van der Waals surface area contributed by atoms with Crippen molar-refractivity contribution < 1.29 is 27.2 Å². The molecule has 0 N–H and O–H groups in total. The summed E-state index contributed by atoms with van der Waals surface area (Å²) in [5.74, 6) is -1.25. The summed E-state index contributed by atoms with van der Waals surface area (Å²) in [6.07, 6.45) is -5.64. The highest BCUT2D eigenvalue weighted by Gasteiger charge is 2.30. The first-order valence-corrected chi connectivity index (χ1v) is 3.53. The molecule has 4 nitrogen and oxygen atoms in total. The second-order valence-corrected chi connectivity index (χ2v) is 2.46. The Labute approximate surface area is 76.6 Å². The molecule has 0 aliphatic heterocycles. The number of alkyl halides is 3. The standard InChI is InChI=1S/C7H6F3NO3/c1-13-6(12)5-2-4(14-11-5)3-7(8,9)10/h2H,3H2,1H3. The van der Waals surface area contributed by atoms with Gasteiger partial charge in [-0.3, -0.25) is 0 Å². The maximum absolute atomic E-state index is 11.8. The number of esters is 1. The van der Waals surface area contributed by atoms with E-state index in [1.54, 1.807) is 0 Å². The number of ether oxygens (including phenoxy) is 1. The van der Waals surface area contributed by atoms with Gasteiger partial charge in [0, 0.05) is 6.07 Å². The fraction of sp³-hybridized carbons (Fsp3) is 0.429. The summed E-state index contributed by atoms with van der Waals surface area (Å²) >= 11 is 0. The van der Waals surface area contributed by atoms with Gasteiger partial charge in [-0.2, -0.15) is 13.2 Å². The molecule has 1 rings (SSSR count). The van der Waals surface area contributed by atoms with Gasteiger partial charge < -0.3 is 9.26 Å². The largest absolute Gasteiger partial charge is 0.464 e. The number of hydrogen-bond donors (Lipinski definition) is 0. The van der Waals surface area contributed by atoms with Crippen molar-refractivity contribution in [3.05, 3.63) is 17.5 Å². The van der Waals surface area contributed by atoms with Crippen molar-refractivity contribution >= 4 is 5.97 Å². The Bertz CT molecular complexity index is 331. The maximum atomic E-state index is 11.8. The predicted octanol–water partition coefficient (Wildman–Crippen LogP) is 1.57. The summed E-state index contributed by atoms with van der Waals surface area (Å²) in [6.45, 7) is 0. The van der Waals surface area contributed by atoms with Crippen LogP contribution in [-0.2, 0) is 11.2 Å². The monoisotopic (exact) mass is 209 g/mol. The molecular weight excluding hydrogens is 203 g/mol. The van der Waals surface area contributed by atoms with Gasteiger partial charge in [0.05, 0.1) is 7.11 Å². The molecule has 0 unspecified atom stereocenters. The van der Waals surface area contributed by atoms with E-state index in [2.05, 4.69) is 14.4 Å². The summed E-state index contributed by atoms with van der Waals surface area (Å²) in [6, 6.07) is 0.902. The zero-order chi connectivity index (χ0) is 10.8. The van der Waals surface area contributed by atoms with Crippen LogP contribution in [0, 0.1) is 0 Å². The lowest BCUT2D eigenvalue weighted by molar-refractivity contribution is -0.130. The van der Waals surface area contributed by atoms with Crippen LogP contribution in [0.25, 0.3) is 0 Å². The lowest BCUT2D eigenvalue weighted by atomic mass is 10.3.